The average molecular weight is 389 g/mol. The SMILES string of the molecule is [B][C@H](OC)[C@H]1O[C@@H](C)[C@@H](CO[P+](=O)OC)C1OI. The topological polar surface area (TPSA) is 63.2 Å². The Morgan fingerprint density at radius 2 is 2.17 bits per heavy atom. The highest BCUT2D eigenvalue weighted by Crippen LogP contribution is 2.35. The molecule has 2 unspecified atom stereocenters. The fourth-order valence-corrected chi connectivity index (χ4v) is 2.95. The molecule has 102 valence electrons. The summed E-state index contributed by atoms with van der Waals surface area (Å²) in [5.74, 6) is -0.0813. The summed E-state index contributed by atoms with van der Waals surface area (Å²) < 4.78 is 36.9. The minimum Gasteiger partial charge on any atom is -0.389 e. The fourth-order valence-electron chi connectivity index (χ4n) is 1.88. The lowest BCUT2D eigenvalue weighted by atomic mass is 9.87. The van der Waals surface area contributed by atoms with Crippen LogP contribution >= 0.6 is 31.3 Å². The Kier molecular flexibility index (Phi) is 7.52. The molecule has 1 aliphatic rings. The van der Waals surface area contributed by atoms with Crippen LogP contribution in [0.2, 0.25) is 0 Å². The summed E-state index contributed by atoms with van der Waals surface area (Å²) in [5, 5.41) is 0. The summed E-state index contributed by atoms with van der Waals surface area (Å²) in [6.45, 7) is 2.10. The van der Waals surface area contributed by atoms with Gasteiger partial charge in [-0.25, -0.2) is 0 Å². The summed E-state index contributed by atoms with van der Waals surface area (Å²) in [7, 11) is 6.53. The Bertz CT molecular complexity index is 284. The Morgan fingerprint density at radius 1 is 1.50 bits per heavy atom. The van der Waals surface area contributed by atoms with Crippen LogP contribution in [0.15, 0.2) is 0 Å². The number of methoxy groups -OCH3 is 1. The van der Waals surface area contributed by atoms with Crippen LogP contribution < -0.4 is 0 Å². The molecule has 0 bridgehead atoms. The summed E-state index contributed by atoms with van der Waals surface area (Å²) in [4.78, 5) is 0. The van der Waals surface area contributed by atoms with Crippen LogP contribution in [0.3, 0.4) is 0 Å². The third-order valence-corrected chi connectivity index (χ3v) is 4.19. The van der Waals surface area contributed by atoms with Gasteiger partial charge in [0.05, 0.1) is 13.2 Å². The van der Waals surface area contributed by atoms with Gasteiger partial charge in [-0.05, 0) is 6.92 Å². The molecule has 0 aliphatic carbocycles. The standard InChI is InChI=1S/C9H16BIO6P/c1-5-6(4-15-18(12)14-3)7(17-11)8(16-5)9(10)13-2/h5-9H,4H2,1-3H3/q+1/t5-,6+,7?,8-,9+/m0/s1. The average Bonchev–Trinajstić information content (AvgIpc) is 2.71. The van der Waals surface area contributed by atoms with Gasteiger partial charge in [-0.15, -0.1) is 9.05 Å². The maximum absolute atomic E-state index is 11.1. The highest BCUT2D eigenvalue weighted by atomic mass is 127. The van der Waals surface area contributed by atoms with Crippen molar-refractivity contribution < 1.29 is 26.2 Å². The molecule has 0 aromatic rings. The zero-order valence-electron chi connectivity index (χ0n) is 10.4. The molecule has 0 saturated carbocycles. The van der Waals surface area contributed by atoms with E-state index in [0.29, 0.717) is 0 Å². The van der Waals surface area contributed by atoms with Crippen LogP contribution in [0.4, 0.5) is 0 Å². The first-order chi connectivity index (χ1) is 8.54. The van der Waals surface area contributed by atoms with Crippen molar-refractivity contribution in [2.45, 2.75) is 31.2 Å². The Hall–Kier alpha value is 0.695. The van der Waals surface area contributed by atoms with E-state index < -0.39 is 14.3 Å². The van der Waals surface area contributed by atoms with E-state index in [1.807, 2.05) is 6.92 Å². The zero-order valence-corrected chi connectivity index (χ0v) is 13.5. The van der Waals surface area contributed by atoms with E-state index in [9.17, 15) is 4.57 Å². The number of hydrogen-bond acceptors (Lipinski definition) is 6. The minimum absolute atomic E-state index is 0.0813. The van der Waals surface area contributed by atoms with Gasteiger partial charge in [0.15, 0.2) is 0 Å². The van der Waals surface area contributed by atoms with Crippen LogP contribution in [0.5, 0.6) is 0 Å². The van der Waals surface area contributed by atoms with Crippen LogP contribution in [-0.2, 0) is 26.2 Å². The molecular formula is C9H16BIO6P+. The molecule has 1 saturated heterocycles. The van der Waals surface area contributed by atoms with Crippen LogP contribution in [0, 0.1) is 5.92 Å². The second kappa shape index (κ2) is 8.09. The number of ether oxygens (including phenoxy) is 2. The van der Waals surface area contributed by atoms with Crippen molar-refractivity contribution in [3.8, 4) is 0 Å². The van der Waals surface area contributed by atoms with E-state index in [1.165, 1.54) is 14.2 Å². The molecule has 1 fully saturated rings. The third kappa shape index (κ3) is 4.09. The van der Waals surface area contributed by atoms with Crippen LogP contribution in [0.25, 0.3) is 0 Å². The van der Waals surface area contributed by atoms with Gasteiger partial charge in [-0.1, -0.05) is 0 Å². The van der Waals surface area contributed by atoms with Gasteiger partial charge in [0.1, 0.15) is 49.7 Å². The fraction of sp³-hybridized carbons (Fsp3) is 1.00. The highest BCUT2D eigenvalue weighted by molar-refractivity contribution is 14.1. The molecule has 6 atom stereocenters. The second-order valence-electron chi connectivity index (χ2n) is 3.93. The number of hydrogen-bond donors (Lipinski definition) is 0. The van der Waals surface area contributed by atoms with Crippen molar-refractivity contribution in [2.75, 3.05) is 20.8 Å². The molecule has 1 heterocycles. The predicted octanol–water partition coefficient (Wildman–Crippen LogP) is 1.59. The quantitative estimate of drug-likeness (QED) is 0.375. The maximum atomic E-state index is 11.1. The Morgan fingerprint density at radius 3 is 2.67 bits per heavy atom. The van der Waals surface area contributed by atoms with Crippen molar-refractivity contribution in [1.29, 1.82) is 0 Å². The largest absolute Gasteiger partial charge is 0.697 e. The van der Waals surface area contributed by atoms with Crippen LogP contribution in [0.1, 0.15) is 6.92 Å². The van der Waals surface area contributed by atoms with Crippen molar-refractivity contribution in [3.63, 3.8) is 0 Å². The normalized spacial score (nSPS) is 34.6. The monoisotopic (exact) mass is 389 g/mol. The highest BCUT2D eigenvalue weighted by Gasteiger charge is 2.46. The maximum Gasteiger partial charge on any atom is 0.697 e. The van der Waals surface area contributed by atoms with E-state index in [1.54, 1.807) is 23.0 Å². The van der Waals surface area contributed by atoms with Gasteiger partial charge < -0.3 is 12.5 Å². The van der Waals surface area contributed by atoms with Crippen molar-refractivity contribution >= 4 is 39.1 Å². The molecule has 0 amide bonds. The smallest absolute Gasteiger partial charge is 0.389 e. The summed E-state index contributed by atoms with van der Waals surface area (Å²) in [6.07, 6.45) is -0.789. The van der Waals surface area contributed by atoms with Gasteiger partial charge in [0, 0.05) is 23.6 Å². The zero-order chi connectivity index (χ0) is 13.7. The lowest BCUT2D eigenvalue weighted by Gasteiger charge is -2.23. The van der Waals surface area contributed by atoms with Gasteiger partial charge in [0.2, 0.25) is 0 Å². The molecule has 18 heavy (non-hydrogen) atoms. The van der Waals surface area contributed by atoms with E-state index in [2.05, 4.69) is 4.52 Å². The third-order valence-electron chi connectivity index (χ3n) is 2.94. The lowest BCUT2D eigenvalue weighted by molar-refractivity contribution is -0.0347. The van der Waals surface area contributed by atoms with Gasteiger partial charge in [-0.3, -0.25) is 0 Å². The molecule has 0 aromatic heterocycles. The van der Waals surface area contributed by atoms with Gasteiger partial charge in [0.25, 0.3) is 0 Å². The van der Waals surface area contributed by atoms with E-state index in [4.69, 9.17) is 24.9 Å². The molecule has 6 nitrogen and oxygen atoms in total. The second-order valence-corrected chi connectivity index (χ2v) is 5.50. The van der Waals surface area contributed by atoms with Crippen molar-refractivity contribution in [2.24, 2.45) is 5.92 Å². The van der Waals surface area contributed by atoms with E-state index in [-0.39, 0.29) is 30.8 Å². The van der Waals surface area contributed by atoms with Crippen molar-refractivity contribution in [1.82, 2.24) is 0 Å². The van der Waals surface area contributed by atoms with E-state index in [0.717, 1.165) is 0 Å². The minimum atomic E-state index is -2.10. The predicted molar refractivity (Wildman–Crippen MR) is 73.8 cm³/mol. The molecule has 0 N–H and O–H groups in total. The number of rotatable bonds is 7. The summed E-state index contributed by atoms with van der Waals surface area (Å²) in [6, 6.07) is -0.576. The van der Waals surface area contributed by atoms with Crippen molar-refractivity contribution in [3.05, 3.63) is 0 Å². The van der Waals surface area contributed by atoms with Crippen LogP contribution in [-0.4, -0.2) is 53.0 Å². The van der Waals surface area contributed by atoms with Gasteiger partial charge >= 0.3 is 8.25 Å². The first-order valence-electron chi connectivity index (χ1n) is 5.40. The Labute approximate surface area is 123 Å². The first kappa shape index (κ1) is 16.7. The lowest BCUT2D eigenvalue weighted by Crippen LogP contribution is -2.39. The molecule has 0 spiro atoms. The molecule has 1 aliphatic heterocycles. The first-order valence-corrected chi connectivity index (χ1v) is 7.38. The molecule has 0 aromatic carbocycles. The molecule has 9 heteroatoms. The Balaban J connectivity index is 2.63. The molecular weight excluding hydrogens is 373 g/mol. The summed E-state index contributed by atoms with van der Waals surface area (Å²) >= 11 is 1.80. The molecule has 1 rings (SSSR count). The van der Waals surface area contributed by atoms with Gasteiger partial charge in [-0.2, -0.15) is 0 Å². The molecule has 2 radical (unpaired) electrons. The summed E-state index contributed by atoms with van der Waals surface area (Å²) in [5.41, 5.74) is 0. The van der Waals surface area contributed by atoms with E-state index >= 15 is 0 Å². The number of halogens is 1.